The van der Waals surface area contributed by atoms with Crippen molar-refractivity contribution in [2.75, 3.05) is 27.3 Å². The predicted molar refractivity (Wildman–Crippen MR) is 61.9 cm³/mol. The zero-order valence-electron chi connectivity index (χ0n) is 10.6. The quantitative estimate of drug-likeness (QED) is 0.749. The molecule has 2 aliphatic heterocycles. The van der Waals surface area contributed by atoms with E-state index in [0.717, 1.165) is 12.2 Å². The molecular formula is C11H18N4O3. The summed E-state index contributed by atoms with van der Waals surface area (Å²) in [5, 5.41) is 18.0. The van der Waals surface area contributed by atoms with Gasteiger partial charge in [-0.15, -0.1) is 5.10 Å². The monoisotopic (exact) mass is 254 g/mol. The summed E-state index contributed by atoms with van der Waals surface area (Å²) in [4.78, 5) is 2.04. The number of aliphatic hydroxyl groups is 1. The van der Waals surface area contributed by atoms with E-state index in [1.165, 1.54) is 0 Å². The molecule has 0 saturated carbocycles. The average Bonchev–Trinajstić information content (AvgIpc) is 2.96. The Morgan fingerprint density at radius 2 is 2.17 bits per heavy atom. The summed E-state index contributed by atoms with van der Waals surface area (Å²) in [5.74, 6) is 0. The van der Waals surface area contributed by atoms with Crippen molar-refractivity contribution in [2.45, 2.75) is 30.9 Å². The first-order valence-electron chi connectivity index (χ1n) is 6.12. The van der Waals surface area contributed by atoms with Crippen molar-refractivity contribution >= 4 is 0 Å². The minimum absolute atomic E-state index is 0.00978. The van der Waals surface area contributed by atoms with Gasteiger partial charge in [0.15, 0.2) is 0 Å². The van der Waals surface area contributed by atoms with Crippen LogP contribution >= 0.6 is 0 Å². The maximum absolute atomic E-state index is 9.69. The molecule has 7 heteroatoms. The molecule has 7 nitrogen and oxygen atoms in total. The van der Waals surface area contributed by atoms with Crippen LogP contribution in [0.1, 0.15) is 11.7 Å². The Kier molecular flexibility index (Phi) is 3.06. The number of nitrogens with zero attached hydrogens (tertiary/aromatic N) is 4. The van der Waals surface area contributed by atoms with Gasteiger partial charge in [-0.2, -0.15) is 0 Å². The molecule has 2 aliphatic rings. The summed E-state index contributed by atoms with van der Waals surface area (Å²) in [5.41, 5.74) is 0.919. The highest BCUT2D eigenvalue weighted by molar-refractivity contribution is 5.00. The van der Waals surface area contributed by atoms with Gasteiger partial charge in [0, 0.05) is 6.54 Å². The second-order valence-electron chi connectivity index (χ2n) is 5.16. The van der Waals surface area contributed by atoms with Crippen LogP contribution in [-0.2, 0) is 16.0 Å². The van der Waals surface area contributed by atoms with E-state index in [0.29, 0.717) is 13.2 Å². The maximum Gasteiger partial charge on any atom is 0.114 e. The zero-order chi connectivity index (χ0) is 12.7. The number of rotatable bonds is 3. The summed E-state index contributed by atoms with van der Waals surface area (Å²) in [7, 11) is 3.98. The van der Waals surface area contributed by atoms with Gasteiger partial charge in [0.1, 0.15) is 24.4 Å². The second-order valence-corrected chi connectivity index (χ2v) is 5.16. The van der Waals surface area contributed by atoms with Crippen molar-refractivity contribution in [1.29, 1.82) is 0 Å². The average molecular weight is 254 g/mol. The van der Waals surface area contributed by atoms with Crippen LogP contribution in [0.2, 0.25) is 0 Å². The molecule has 0 aliphatic carbocycles. The fraction of sp³-hybridized carbons (Fsp3) is 0.818. The molecule has 0 radical (unpaired) electrons. The highest BCUT2D eigenvalue weighted by Gasteiger charge is 2.48. The van der Waals surface area contributed by atoms with Crippen molar-refractivity contribution in [3.8, 4) is 0 Å². The first-order chi connectivity index (χ1) is 8.65. The number of aromatic nitrogens is 3. The van der Waals surface area contributed by atoms with Gasteiger partial charge >= 0.3 is 0 Å². The number of hydrogen-bond donors (Lipinski definition) is 1. The third kappa shape index (κ3) is 2.03. The molecule has 1 N–H and O–H groups in total. The summed E-state index contributed by atoms with van der Waals surface area (Å²) in [6.07, 6.45) is 1.06. The first kappa shape index (κ1) is 12.0. The van der Waals surface area contributed by atoms with Gasteiger partial charge in [0.05, 0.1) is 25.1 Å². The Hall–Kier alpha value is -1.02. The zero-order valence-corrected chi connectivity index (χ0v) is 10.6. The van der Waals surface area contributed by atoms with E-state index in [1.807, 2.05) is 25.2 Å². The lowest BCUT2D eigenvalue weighted by Crippen LogP contribution is -2.30. The Bertz CT molecular complexity index is 422. The Labute approximate surface area is 105 Å². The molecule has 1 aromatic heterocycles. The van der Waals surface area contributed by atoms with Gasteiger partial charge in [0.25, 0.3) is 0 Å². The van der Waals surface area contributed by atoms with E-state index >= 15 is 0 Å². The van der Waals surface area contributed by atoms with Gasteiger partial charge < -0.3 is 19.5 Å². The van der Waals surface area contributed by atoms with E-state index in [2.05, 4.69) is 10.3 Å². The van der Waals surface area contributed by atoms with Gasteiger partial charge in [0.2, 0.25) is 0 Å². The van der Waals surface area contributed by atoms with Crippen LogP contribution < -0.4 is 0 Å². The third-order valence-electron chi connectivity index (χ3n) is 3.38. The van der Waals surface area contributed by atoms with E-state index < -0.39 is 6.10 Å². The summed E-state index contributed by atoms with van der Waals surface area (Å²) in [6.45, 7) is 1.60. The number of hydrogen-bond acceptors (Lipinski definition) is 6. The van der Waals surface area contributed by atoms with E-state index in [4.69, 9.17) is 9.47 Å². The fourth-order valence-corrected chi connectivity index (χ4v) is 2.56. The number of ether oxygens (including phenoxy) is 2. The molecule has 1 aromatic rings. The maximum atomic E-state index is 9.69. The summed E-state index contributed by atoms with van der Waals surface area (Å²) < 4.78 is 12.9. The van der Waals surface area contributed by atoms with Crippen LogP contribution in [-0.4, -0.2) is 70.6 Å². The molecule has 0 aromatic carbocycles. The van der Waals surface area contributed by atoms with Crippen LogP contribution in [0.3, 0.4) is 0 Å². The van der Waals surface area contributed by atoms with Crippen LogP contribution in [0.4, 0.5) is 0 Å². The lowest BCUT2D eigenvalue weighted by molar-refractivity contribution is 0.0169. The van der Waals surface area contributed by atoms with Crippen molar-refractivity contribution in [2.24, 2.45) is 0 Å². The van der Waals surface area contributed by atoms with Crippen molar-refractivity contribution in [3.05, 3.63) is 11.9 Å². The van der Waals surface area contributed by atoms with Gasteiger partial charge in [-0.05, 0) is 14.1 Å². The van der Waals surface area contributed by atoms with Crippen LogP contribution in [0.5, 0.6) is 0 Å². The molecule has 18 heavy (non-hydrogen) atoms. The number of fused-ring (bicyclic) bond motifs is 1. The smallest absolute Gasteiger partial charge is 0.114 e. The lowest BCUT2D eigenvalue weighted by Gasteiger charge is -2.15. The molecule has 100 valence electrons. The molecule has 4 atom stereocenters. The van der Waals surface area contributed by atoms with Gasteiger partial charge in [-0.3, -0.25) is 0 Å². The largest absolute Gasteiger partial charge is 0.388 e. The Balaban J connectivity index is 1.73. The van der Waals surface area contributed by atoms with E-state index in [1.54, 1.807) is 4.68 Å². The predicted octanol–water partition coefficient (Wildman–Crippen LogP) is -0.961. The number of aliphatic hydroxyl groups excluding tert-OH is 1. The molecular weight excluding hydrogens is 236 g/mol. The minimum Gasteiger partial charge on any atom is -0.388 e. The van der Waals surface area contributed by atoms with E-state index in [9.17, 15) is 5.11 Å². The summed E-state index contributed by atoms with van der Waals surface area (Å²) in [6, 6.07) is 0.00978. The molecule has 0 bridgehead atoms. The molecule has 2 fully saturated rings. The van der Waals surface area contributed by atoms with E-state index in [-0.39, 0.29) is 18.2 Å². The lowest BCUT2D eigenvalue weighted by atomic mass is 10.1. The normalized spacial score (nSPS) is 35.3. The molecule has 0 amide bonds. The molecule has 3 heterocycles. The third-order valence-corrected chi connectivity index (χ3v) is 3.38. The summed E-state index contributed by atoms with van der Waals surface area (Å²) >= 11 is 0. The fourth-order valence-electron chi connectivity index (χ4n) is 2.56. The second kappa shape index (κ2) is 4.58. The van der Waals surface area contributed by atoms with Crippen LogP contribution in [0.25, 0.3) is 0 Å². The molecule has 2 saturated heterocycles. The first-order valence-corrected chi connectivity index (χ1v) is 6.12. The van der Waals surface area contributed by atoms with Crippen LogP contribution in [0.15, 0.2) is 6.20 Å². The Morgan fingerprint density at radius 1 is 1.39 bits per heavy atom. The highest BCUT2D eigenvalue weighted by Crippen LogP contribution is 2.33. The molecule has 0 spiro atoms. The molecule has 3 rings (SSSR count). The van der Waals surface area contributed by atoms with Gasteiger partial charge in [-0.25, -0.2) is 4.68 Å². The Morgan fingerprint density at radius 3 is 2.94 bits per heavy atom. The van der Waals surface area contributed by atoms with Gasteiger partial charge in [-0.1, -0.05) is 5.21 Å². The SMILES string of the molecule is CN(C)Cc1cn([C@H]2CO[C@H]3[C@@H]2OC[C@H]3O)nn1. The highest BCUT2D eigenvalue weighted by atomic mass is 16.6. The molecule has 0 unspecified atom stereocenters. The standard InChI is InChI=1S/C11H18N4O3/c1-14(2)3-7-4-15(13-12-7)8-5-17-11-9(16)6-18-10(8)11/h4,8-11,16H,3,5-6H2,1-2H3/t8-,9+,10+,11+/m0/s1. The topological polar surface area (TPSA) is 72.6 Å². The van der Waals surface area contributed by atoms with Crippen LogP contribution in [0, 0.1) is 0 Å². The van der Waals surface area contributed by atoms with Crippen molar-refractivity contribution < 1.29 is 14.6 Å². The van der Waals surface area contributed by atoms with Crippen molar-refractivity contribution in [3.63, 3.8) is 0 Å². The van der Waals surface area contributed by atoms with Crippen molar-refractivity contribution in [1.82, 2.24) is 19.9 Å². The minimum atomic E-state index is -0.523.